The third kappa shape index (κ3) is 24.9. The fraction of sp³-hybridized carbons (Fsp3) is 0.420. The molecule has 5 aliphatic heterocycles. The normalized spacial score (nSPS) is 19.6. The molecule has 0 bridgehead atoms. The molecule has 6 aromatic heterocycles. The summed E-state index contributed by atoms with van der Waals surface area (Å²) in [6.45, 7) is 23.2. The molecule has 4 saturated heterocycles. The number of aliphatic hydroxyl groups is 5. The Labute approximate surface area is 810 Å². The minimum absolute atomic E-state index is 0.0830. The van der Waals surface area contributed by atoms with Gasteiger partial charge in [-0.3, -0.25) is 47.9 Å². The van der Waals surface area contributed by atoms with Gasteiger partial charge in [-0.2, -0.15) is 0 Å². The summed E-state index contributed by atoms with van der Waals surface area (Å²) in [6.07, 6.45) is -0.0245. The number of aryl methyl sites for hydroxylation is 6. The number of hydrogen-bond acceptors (Lipinski definition) is 27. The summed E-state index contributed by atoms with van der Waals surface area (Å²) in [7, 11) is 0. The number of carbonyl (C=O) groups excluding carboxylic acids is 10. The van der Waals surface area contributed by atoms with E-state index in [0.29, 0.717) is 73.9 Å². The summed E-state index contributed by atoms with van der Waals surface area (Å²) >= 11 is 6.35. The van der Waals surface area contributed by atoms with Crippen molar-refractivity contribution in [3.8, 4) is 41.8 Å². The number of carbonyl (C=O) groups is 10. The zero-order chi connectivity index (χ0) is 98.2. The van der Waals surface area contributed by atoms with Crippen LogP contribution in [0.3, 0.4) is 0 Å². The number of nitrogens with one attached hydrogen (secondary N) is 5. The average molecular weight is 1940 g/mol. The molecule has 10 N–H and O–H groups in total. The van der Waals surface area contributed by atoms with Crippen molar-refractivity contribution < 1.29 is 82.5 Å². The first-order chi connectivity index (χ1) is 65.6. The molecule has 724 valence electrons. The number of thiazole rings is 4. The van der Waals surface area contributed by atoms with Crippen LogP contribution in [0.15, 0.2) is 165 Å². The van der Waals surface area contributed by atoms with Crippen LogP contribution in [0.4, 0.5) is 0 Å². The summed E-state index contributed by atoms with van der Waals surface area (Å²) in [5, 5.41) is 73.3. The van der Waals surface area contributed by atoms with Crippen molar-refractivity contribution in [2.24, 2.45) is 5.92 Å². The molecule has 0 radical (unpaired) electrons. The van der Waals surface area contributed by atoms with Gasteiger partial charge in [0.1, 0.15) is 53.4 Å². The monoisotopic (exact) mass is 1940 g/mol. The van der Waals surface area contributed by atoms with Crippen molar-refractivity contribution >= 4 is 104 Å². The molecule has 0 saturated carbocycles. The Bertz CT molecular complexity index is 6050. The van der Waals surface area contributed by atoms with Crippen molar-refractivity contribution in [1.29, 1.82) is 0 Å². The van der Waals surface area contributed by atoms with E-state index >= 15 is 0 Å². The number of amides is 10. The highest BCUT2D eigenvalue weighted by atomic mass is 32.1. The first-order valence-corrected chi connectivity index (χ1v) is 49.3. The molecule has 5 aliphatic rings. The topological polar surface area (TPSA) is 452 Å². The molecule has 137 heavy (non-hydrogen) atoms. The first-order valence-electron chi connectivity index (χ1n) is 45.8. The molecule has 37 heteroatoms. The highest BCUT2D eigenvalue weighted by Gasteiger charge is 2.52. The van der Waals surface area contributed by atoms with Gasteiger partial charge in [0.15, 0.2) is 0 Å². The molecule has 11 heterocycles. The third-order valence-electron chi connectivity index (χ3n) is 25.1. The minimum atomic E-state index is -1.61. The van der Waals surface area contributed by atoms with E-state index in [-0.39, 0.29) is 112 Å². The fourth-order valence-electron chi connectivity index (χ4n) is 17.7. The summed E-state index contributed by atoms with van der Waals surface area (Å²) in [4.78, 5) is 159. The Kier molecular flexibility index (Phi) is 34.3. The van der Waals surface area contributed by atoms with E-state index in [9.17, 15) is 73.5 Å². The first kappa shape index (κ1) is 102. The zero-order valence-corrected chi connectivity index (χ0v) is 81.9. The minimum Gasteiger partial charge on any atom is -0.393 e. The molecular formula is C100H118N16O17S4. The second-order valence-electron chi connectivity index (χ2n) is 35.7. The van der Waals surface area contributed by atoms with Crippen LogP contribution in [0, 0.1) is 47.5 Å². The van der Waals surface area contributed by atoms with Crippen molar-refractivity contribution in [1.82, 2.24) is 81.3 Å². The van der Waals surface area contributed by atoms with E-state index < -0.39 is 90.4 Å². The highest BCUT2D eigenvalue weighted by molar-refractivity contribution is 7.14. The molecule has 12 atom stereocenters. The lowest BCUT2D eigenvalue weighted by molar-refractivity contribution is -0.143. The van der Waals surface area contributed by atoms with Crippen molar-refractivity contribution in [2.45, 2.75) is 233 Å². The molecule has 16 rings (SSSR count). The number of β-amino-alcohol motifs (C(OH)–C–C–N with tert-alkyl or cyclic N) is 4. The van der Waals surface area contributed by atoms with Gasteiger partial charge in [0.2, 0.25) is 53.2 Å². The molecule has 11 aromatic rings. The largest absolute Gasteiger partial charge is 0.393 e. The van der Waals surface area contributed by atoms with Crippen molar-refractivity contribution in [3.63, 3.8) is 0 Å². The number of hydrogen-bond donors (Lipinski definition) is 10. The van der Waals surface area contributed by atoms with Gasteiger partial charge in [0.25, 0.3) is 5.91 Å². The van der Waals surface area contributed by atoms with Crippen LogP contribution in [-0.2, 0) is 75.9 Å². The third-order valence-corrected chi connectivity index (χ3v) is 29.0. The molecular weight excluding hydrogens is 1830 g/mol. The Hall–Kier alpha value is -12.5. The van der Waals surface area contributed by atoms with Crippen LogP contribution in [-0.4, -0.2) is 232 Å². The smallest absolute Gasteiger partial charge is 0.255 e. The number of aromatic nitrogens is 6. The van der Waals surface area contributed by atoms with E-state index in [1.165, 1.54) is 26.5 Å². The van der Waals surface area contributed by atoms with E-state index in [2.05, 4.69) is 56.8 Å². The van der Waals surface area contributed by atoms with Gasteiger partial charge in [-0.1, -0.05) is 160 Å². The van der Waals surface area contributed by atoms with Gasteiger partial charge in [-0.15, -0.1) is 45.3 Å². The molecule has 10 amide bonds. The maximum atomic E-state index is 14.0. The van der Waals surface area contributed by atoms with Crippen molar-refractivity contribution in [2.75, 3.05) is 32.8 Å². The lowest BCUT2D eigenvalue weighted by Crippen LogP contribution is -2.55. The summed E-state index contributed by atoms with van der Waals surface area (Å²) < 4.78 is 10.5. The standard InChI is InChI=1S/C30H34N4O5S.C24H28N4O4S.C23H26N4O4S.C23H30N4O4S/c1-18(2)25(33-14-22-6-4-5-7-23(22)28(33)37)29(38)34-15-30(39,16-35)12-24(34)27(36)31-13-20-8-10-21(11-9-20)26-19(3)32-17-40-26;1-4-19(21-9-14(2)27-32-21)24(31)28-12-18(29)10-20(28)23(30)25-11-16-5-7-17(8-6-16)22-15(3)26-13-33-22;1-13-8-20(31-26-13)14(2)23(30)27-11-18(28)9-19(27)22(29)24-10-16-4-6-17(7-5-16)21-15(3)25-12-32-21;1-4-5-19(26-15(3)28)23(31)27-12-18(29)10-20(27)22(30)24-11-16-6-8-17(9-7-16)21-14(2)25-13-32-21/h4-11,17-18,24-25,35,39H,12-16H2,1-3H3,(H,31,36);5-9,13,18-20,29H,4,10-12H2,1-3H3,(H,25,30);4-8,12,14,18-19,28H,9-11H2,1-3H3,(H,24,29);6-9,13,18-20,29H,4-5,10-12H2,1-3H3,(H,24,30)(H,26,28)/t24-,25-,30-;18-,19-,20+;14-,18+,19-;18-,19+,20+/m0101/s1. The van der Waals surface area contributed by atoms with Gasteiger partial charge in [0.05, 0.1) is 119 Å². The average Bonchev–Trinajstić information content (AvgIpc) is 1.61. The summed E-state index contributed by atoms with van der Waals surface area (Å²) in [5.41, 5.74) is 20.5. The number of fused-ring (bicyclic) bond motifs is 1. The maximum absolute atomic E-state index is 14.0. The number of aliphatic hydroxyl groups excluding tert-OH is 4. The Morgan fingerprint density at radius 2 is 0.861 bits per heavy atom. The molecule has 0 unspecified atom stereocenters. The van der Waals surface area contributed by atoms with Crippen LogP contribution in [0.5, 0.6) is 0 Å². The zero-order valence-electron chi connectivity index (χ0n) is 78.6. The lowest BCUT2D eigenvalue weighted by Gasteiger charge is -2.35. The summed E-state index contributed by atoms with van der Waals surface area (Å²) in [6, 6.07) is 37.7. The fourth-order valence-corrected chi connectivity index (χ4v) is 21.0. The van der Waals surface area contributed by atoms with Crippen LogP contribution in [0.25, 0.3) is 41.8 Å². The predicted molar refractivity (Wildman–Crippen MR) is 518 cm³/mol. The summed E-state index contributed by atoms with van der Waals surface area (Å²) in [5.74, 6) is -3.46. The number of nitrogens with zero attached hydrogens (tertiary/aromatic N) is 11. The van der Waals surface area contributed by atoms with Crippen molar-refractivity contribution in [3.05, 3.63) is 235 Å². The Balaban J connectivity index is 0.000000155. The highest BCUT2D eigenvalue weighted by Crippen LogP contribution is 2.38. The number of benzene rings is 5. The molecule has 4 fully saturated rings. The second kappa shape index (κ2) is 46.1. The SMILES string of the molecule is CCC[C@H](NC(C)=O)C(=O)N1C[C@H](O)C[C@H]1C(=O)NCc1ccc(-c2scnc2C)cc1.CC[C@@H](C(=O)N1C[C@H](O)C[C@H]1C(=O)NCc1ccc(-c2scnc2C)cc1)c1cc(C)no1.Cc1cc([C@H](C)C(=O)N2C[C@H](O)C[C@H]2C(=O)NCc2ccc(-c3scnc3C)cc2)on1.Cc1ncsc1-c1ccc(CNC(=O)[C@@H]2C[C@@](O)(CO)CN2C(=O)[C@H](C(C)C)N2Cc3ccccc3C2=O)cc1. The van der Waals surface area contributed by atoms with Gasteiger partial charge < -0.3 is 85.7 Å². The molecule has 0 aliphatic carbocycles. The molecule has 0 spiro atoms. The quantitative estimate of drug-likeness (QED) is 0.0208. The number of rotatable bonds is 29. The van der Waals surface area contributed by atoms with E-state index in [1.54, 1.807) is 95.3 Å². The van der Waals surface area contributed by atoms with Gasteiger partial charge >= 0.3 is 0 Å². The lowest BCUT2D eigenvalue weighted by atomic mass is 10.00. The number of likely N-dealkylation sites (tertiary alicyclic amines) is 4. The van der Waals surface area contributed by atoms with E-state index in [0.717, 1.165) is 92.4 Å². The second-order valence-corrected chi connectivity index (χ2v) is 39.1. The van der Waals surface area contributed by atoms with Gasteiger partial charge in [-0.05, 0) is 123 Å². The molecule has 33 nitrogen and oxygen atoms in total. The van der Waals surface area contributed by atoms with Gasteiger partial charge in [-0.25, -0.2) is 19.9 Å². The Morgan fingerprint density at radius 1 is 0.489 bits per heavy atom. The predicted octanol–water partition coefficient (Wildman–Crippen LogP) is 10.7. The molecule has 5 aromatic carbocycles. The van der Waals surface area contributed by atoms with Crippen LogP contribution in [0.1, 0.15) is 182 Å². The van der Waals surface area contributed by atoms with Crippen LogP contribution >= 0.6 is 45.3 Å². The van der Waals surface area contributed by atoms with E-state index in [4.69, 9.17) is 9.05 Å². The van der Waals surface area contributed by atoms with E-state index in [1.807, 2.05) is 187 Å². The van der Waals surface area contributed by atoms with Crippen LogP contribution in [0.2, 0.25) is 0 Å². The van der Waals surface area contributed by atoms with Crippen LogP contribution < -0.4 is 26.6 Å². The Morgan fingerprint density at radius 3 is 1.20 bits per heavy atom. The van der Waals surface area contributed by atoms with Gasteiger partial charge in [0, 0.05) is 103 Å². The maximum Gasteiger partial charge on any atom is 0.255 e.